The second kappa shape index (κ2) is 20.6. The van der Waals surface area contributed by atoms with Crippen LogP contribution >= 0.6 is 24.8 Å². The molecule has 2 aliphatic carbocycles. The van der Waals surface area contributed by atoms with Gasteiger partial charge in [-0.2, -0.15) is 108 Å². The Hall–Kier alpha value is -2.31. The molecular formula is C40H46Cl2Zr-4. The van der Waals surface area contributed by atoms with Crippen molar-refractivity contribution in [1.82, 2.24) is 0 Å². The zero-order chi connectivity index (χ0) is 30.3. The first-order valence-corrected chi connectivity index (χ1v) is 15.9. The van der Waals surface area contributed by atoms with E-state index in [-0.39, 0.29) is 35.6 Å². The van der Waals surface area contributed by atoms with E-state index < -0.39 is 0 Å². The molecule has 0 radical (unpaired) electrons. The Morgan fingerprint density at radius 3 is 1.70 bits per heavy atom. The maximum Gasteiger partial charge on any atom is -0.171 e. The molecule has 0 amide bonds. The molecule has 0 atom stereocenters. The number of halogens is 2. The molecule has 0 saturated heterocycles. The Labute approximate surface area is 289 Å². The average Bonchev–Trinajstić information content (AvgIpc) is 3.67. The van der Waals surface area contributed by atoms with Crippen LogP contribution in [0.15, 0.2) is 103 Å². The zero-order valence-electron chi connectivity index (χ0n) is 26.8. The summed E-state index contributed by atoms with van der Waals surface area (Å²) in [5, 5.41) is 0. The van der Waals surface area contributed by atoms with Crippen molar-refractivity contribution in [3.63, 3.8) is 0 Å². The zero-order valence-corrected chi connectivity index (χ0v) is 30.8. The largest absolute Gasteiger partial charge is 0.184 e. The maximum absolute atomic E-state index is 3.53. The van der Waals surface area contributed by atoms with Crippen molar-refractivity contribution in [3.05, 3.63) is 155 Å². The van der Waals surface area contributed by atoms with Crippen molar-refractivity contribution in [2.75, 3.05) is 0 Å². The van der Waals surface area contributed by atoms with E-state index in [1.165, 1.54) is 63.2 Å². The minimum Gasteiger partial charge on any atom is -0.184 e. The summed E-state index contributed by atoms with van der Waals surface area (Å²) in [6.07, 6.45) is 11.0. The van der Waals surface area contributed by atoms with E-state index in [9.17, 15) is 0 Å². The second-order valence-electron chi connectivity index (χ2n) is 12.0. The summed E-state index contributed by atoms with van der Waals surface area (Å²) < 4.78 is 3.34. The summed E-state index contributed by atoms with van der Waals surface area (Å²) in [6, 6.07) is 38.4. The van der Waals surface area contributed by atoms with Crippen LogP contribution in [0.4, 0.5) is 0 Å². The van der Waals surface area contributed by atoms with Crippen LogP contribution in [0.5, 0.6) is 0 Å². The standard InChI is InChI=1S/C21H25.C7H7.C6H5.C5H5.CH2.2ClH.Zr/c1-20(2,3)16-9-7-14-11-15-8-10-17(21(4,5)6)13-19(15)18(14)12-16;1-7-5-3-2-4-6-7;1-2-4-6-5-3-1;1-2-4-5-3-1;;;;/h7,9-10,12-13H,11H2,1-6H3;3-6H,1H3;1-5H;1-3H,4H2;1H2;2*1H;/q4*-1;;;;. The van der Waals surface area contributed by atoms with Crippen LogP contribution < -0.4 is 0 Å². The molecule has 2 aliphatic rings. The topological polar surface area (TPSA) is 0 Å². The summed E-state index contributed by atoms with van der Waals surface area (Å²) in [6.45, 7) is 15.7. The summed E-state index contributed by atoms with van der Waals surface area (Å²) in [5.41, 5.74) is 10.1. The number of aryl methyl sites for hydroxylation is 1. The van der Waals surface area contributed by atoms with E-state index in [1.54, 1.807) is 0 Å². The van der Waals surface area contributed by atoms with Crippen molar-refractivity contribution >= 4 is 29.0 Å². The van der Waals surface area contributed by atoms with Gasteiger partial charge >= 0.3 is 28.4 Å². The number of hydrogen-bond donors (Lipinski definition) is 0. The Kier molecular flexibility index (Phi) is 19.5. The van der Waals surface area contributed by atoms with Gasteiger partial charge in [-0.1, -0.05) is 83.2 Å². The van der Waals surface area contributed by atoms with Gasteiger partial charge in [0.15, 0.2) is 0 Å². The molecule has 0 fully saturated rings. The smallest absolute Gasteiger partial charge is 0.171 e. The fourth-order valence-electron chi connectivity index (χ4n) is 4.14. The third-order valence-electron chi connectivity index (χ3n) is 6.60. The van der Waals surface area contributed by atoms with Gasteiger partial charge in [-0.05, 0) is 17.4 Å². The summed E-state index contributed by atoms with van der Waals surface area (Å²) in [5.74, 6) is 0. The SMILES string of the molecule is CC(C)(C)c1c[c-]c2c(c1)-c1cc(C(C)(C)C)ccc1C2.Cc1cc[c-]cc1.Cl.Cl.[C-]1=CC=CC1.[CH2]=[Zr].[c-]1ccccc1. The molecule has 0 spiro atoms. The molecule has 3 heteroatoms. The van der Waals surface area contributed by atoms with E-state index >= 15 is 0 Å². The predicted octanol–water partition coefficient (Wildman–Crippen LogP) is 11.0. The van der Waals surface area contributed by atoms with Gasteiger partial charge in [-0.3, -0.25) is 6.08 Å². The fraction of sp³-hybridized carbons (Fsp3) is 0.275. The molecule has 4 aromatic rings. The van der Waals surface area contributed by atoms with Crippen LogP contribution in [0, 0.1) is 31.2 Å². The molecule has 0 aliphatic heterocycles. The monoisotopic (exact) mass is 686 g/mol. The summed E-state index contributed by atoms with van der Waals surface area (Å²) in [4.78, 5) is 0. The molecule has 0 bridgehead atoms. The number of benzene rings is 4. The molecule has 0 saturated carbocycles. The summed E-state index contributed by atoms with van der Waals surface area (Å²) in [7, 11) is 0. The minimum atomic E-state index is 0. The van der Waals surface area contributed by atoms with Gasteiger partial charge in [-0.25, -0.2) is 12.2 Å². The normalized spacial score (nSPS) is 11.5. The molecule has 228 valence electrons. The van der Waals surface area contributed by atoms with Gasteiger partial charge in [0.25, 0.3) is 0 Å². The van der Waals surface area contributed by atoms with Crippen LogP contribution in [-0.2, 0) is 41.5 Å². The Bertz CT molecular complexity index is 1280. The minimum absolute atomic E-state index is 0. The van der Waals surface area contributed by atoms with Crippen LogP contribution in [0.1, 0.15) is 75.8 Å². The Balaban J connectivity index is 0.000000654. The van der Waals surface area contributed by atoms with Crippen molar-refractivity contribution in [2.45, 2.75) is 72.1 Å². The van der Waals surface area contributed by atoms with E-state index in [1.807, 2.05) is 66.7 Å². The maximum atomic E-state index is 3.53. The summed E-state index contributed by atoms with van der Waals surface area (Å²) >= 11 is 1.30. The van der Waals surface area contributed by atoms with Gasteiger partial charge in [0.2, 0.25) is 0 Å². The van der Waals surface area contributed by atoms with Gasteiger partial charge in [0.05, 0.1) is 0 Å². The fourth-order valence-corrected chi connectivity index (χ4v) is 4.14. The second-order valence-corrected chi connectivity index (χ2v) is 12.0. The third-order valence-corrected chi connectivity index (χ3v) is 6.60. The van der Waals surface area contributed by atoms with Crippen molar-refractivity contribution in [3.8, 4) is 11.1 Å². The first-order chi connectivity index (χ1) is 19.6. The van der Waals surface area contributed by atoms with Gasteiger partial charge in [0, 0.05) is 0 Å². The van der Waals surface area contributed by atoms with Crippen LogP contribution in [0.25, 0.3) is 11.1 Å². The van der Waals surface area contributed by atoms with Gasteiger partial charge < -0.3 is 0 Å². The molecule has 0 N–H and O–H groups in total. The van der Waals surface area contributed by atoms with E-state index in [2.05, 4.69) is 113 Å². The molecular weight excluding hydrogens is 643 g/mol. The molecule has 43 heavy (non-hydrogen) atoms. The molecule has 4 aromatic carbocycles. The van der Waals surface area contributed by atoms with E-state index in [0.717, 1.165) is 12.8 Å². The first kappa shape index (κ1) is 40.7. The predicted molar refractivity (Wildman–Crippen MR) is 189 cm³/mol. The van der Waals surface area contributed by atoms with E-state index in [4.69, 9.17) is 0 Å². The van der Waals surface area contributed by atoms with Gasteiger partial charge in [0.1, 0.15) is 0 Å². The Morgan fingerprint density at radius 1 is 0.721 bits per heavy atom. The number of hydrogen-bond acceptors (Lipinski definition) is 0. The molecule has 0 nitrogen and oxygen atoms in total. The first-order valence-electron chi connectivity index (χ1n) is 14.2. The Morgan fingerprint density at radius 2 is 1.30 bits per heavy atom. The van der Waals surface area contributed by atoms with Crippen LogP contribution in [0.3, 0.4) is 0 Å². The van der Waals surface area contributed by atoms with E-state index in [0.29, 0.717) is 0 Å². The number of rotatable bonds is 0. The average molecular weight is 689 g/mol. The van der Waals surface area contributed by atoms with Crippen molar-refractivity contribution in [2.24, 2.45) is 0 Å². The molecule has 6 rings (SSSR count). The molecule has 0 aromatic heterocycles. The van der Waals surface area contributed by atoms with Crippen LogP contribution in [0.2, 0.25) is 0 Å². The van der Waals surface area contributed by atoms with Crippen LogP contribution in [-0.4, -0.2) is 4.21 Å². The number of fused-ring (bicyclic) bond motifs is 3. The van der Waals surface area contributed by atoms with Crippen molar-refractivity contribution < 1.29 is 24.2 Å². The molecule has 0 unspecified atom stereocenters. The van der Waals surface area contributed by atoms with Gasteiger partial charge in [-0.15, -0.1) is 36.8 Å². The number of allylic oxidation sites excluding steroid dienone is 4. The third kappa shape index (κ3) is 14.3. The molecule has 0 heterocycles. The quantitative estimate of drug-likeness (QED) is 0.142. The van der Waals surface area contributed by atoms with Crippen molar-refractivity contribution in [1.29, 1.82) is 0 Å².